The number of nitrogens with zero attached hydrogens (tertiary/aromatic N) is 1. The van der Waals surface area contributed by atoms with Crippen LogP contribution in [0.2, 0.25) is 0 Å². The molecular formula is C20H17F2N3O2. The van der Waals surface area contributed by atoms with E-state index in [2.05, 4.69) is 15.6 Å². The van der Waals surface area contributed by atoms with Crippen LogP contribution in [-0.2, 0) is 0 Å². The van der Waals surface area contributed by atoms with E-state index >= 15 is 0 Å². The number of halogens is 2. The van der Waals surface area contributed by atoms with E-state index in [-0.39, 0.29) is 11.3 Å². The van der Waals surface area contributed by atoms with E-state index in [0.717, 1.165) is 11.6 Å². The summed E-state index contributed by atoms with van der Waals surface area (Å²) in [6.45, 7) is 1.94. The number of methoxy groups -OCH3 is 1. The largest absolute Gasteiger partial charge is 0.495 e. The first-order valence-corrected chi connectivity index (χ1v) is 8.10. The highest BCUT2D eigenvalue weighted by Gasteiger charge is 2.12. The number of nitrogens with one attached hydrogen (secondary N) is 2. The number of hydrogen-bond donors (Lipinski definition) is 2. The van der Waals surface area contributed by atoms with E-state index in [1.807, 2.05) is 25.1 Å². The molecule has 0 saturated heterocycles. The van der Waals surface area contributed by atoms with Crippen molar-refractivity contribution < 1.29 is 18.3 Å². The molecule has 3 aromatic rings. The van der Waals surface area contributed by atoms with Gasteiger partial charge in [-0.05, 0) is 48.9 Å². The average molecular weight is 369 g/mol. The van der Waals surface area contributed by atoms with E-state index in [1.54, 1.807) is 7.11 Å². The first-order valence-electron chi connectivity index (χ1n) is 8.10. The van der Waals surface area contributed by atoms with Crippen molar-refractivity contribution in [2.45, 2.75) is 6.92 Å². The summed E-state index contributed by atoms with van der Waals surface area (Å²) < 4.78 is 32.0. The molecule has 1 heterocycles. The maximum Gasteiger partial charge on any atom is 0.255 e. The summed E-state index contributed by atoms with van der Waals surface area (Å²) in [6.07, 6.45) is 1.46. The Morgan fingerprint density at radius 2 is 1.85 bits per heavy atom. The van der Waals surface area contributed by atoms with Gasteiger partial charge in [0.05, 0.1) is 18.5 Å². The van der Waals surface area contributed by atoms with E-state index < -0.39 is 17.5 Å². The molecule has 0 spiro atoms. The van der Waals surface area contributed by atoms with Gasteiger partial charge in [0, 0.05) is 17.8 Å². The molecule has 27 heavy (non-hydrogen) atoms. The zero-order valence-corrected chi connectivity index (χ0v) is 14.7. The molecule has 0 fully saturated rings. The summed E-state index contributed by atoms with van der Waals surface area (Å²) in [5.41, 5.74) is 1.89. The molecule has 0 aliphatic carbocycles. The van der Waals surface area contributed by atoms with E-state index in [0.29, 0.717) is 23.3 Å². The second kappa shape index (κ2) is 7.82. The van der Waals surface area contributed by atoms with Gasteiger partial charge < -0.3 is 15.4 Å². The number of anilines is 3. The summed E-state index contributed by atoms with van der Waals surface area (Å²) in [5.74, 6) is -1.05. The van der Waals surface area contributed by atoms with Gasteiger partial charge in [-0.3, -0.25) is 4.79 Å². The van der Waals surface area contributed by atoms with E-state index in [4.69, 9.17) is 4.74 Å². The van der Waals surface area contributed by atoms with Gasteiger partial charge in [0.2, 0.25) is 0 Å². The number of carbonyl (C=O) groups excluding carboxylic acids is 1. The number of pyridine rings is 1. The van der Waals surface area contributed by atoms with Gasteiger partial charge in [0.25, 0.3) is 5.91 Å². The Bertz CT molecular complexity index is 993. The molecule has 0 saturated carbocycles. The third-order valence-corrected chi connectivity index (χ3v) is 3.82. The third-order valence-electron chi connectivity index (χ3n) is 3.82. The fourth-order valence-electron chi connectivity index (χ4n) is 2.48. The molecule has 7 heteroatoms. The Morgan fingerprint density at radius 3 is 2.59 bits per heavy atom. The van der Waals surface area contributed by atoms with Crippen molar-refractivity contribution in [3.05, 3.63) is 77.5 Å². The summed E-state index contributed by atoms with van der Waals surface area (Å²) in [7, 11) is 1.56. The minimum absolute atomic E-state index is 0.104. The molecule has 5 nitrogen and oxygen atoms in total. The summed E-state index contributed by atoms with van der Waals surface area (Å²) >= 11 is 0. The maximum atomic E-state index is 13.7. The van der Waals surface area contributed by atoms with Gasteiger partial charge in [0.1, 0.15) is 23.2 Å². The van der Waals surface area contributed by atoms with Gasteiger partial charge in [-0.15, -0.1) is 0 Å². The molecule has 2 aromatic carbocycles. The Kier molecular flexibility index (Phi) is 5.30. The van der Waals surface area contributed by atoms with Crippen LogP contribution in [0.25, 0.3) is 0 Å². The molecule has 2 N–H and O–H groups in total. The van der Waals surface area contributed by atoms with Crippen LogP contribution < -0.4 is 15.4 Å². The third kappa shape index (κ3) is 4.38. The lowest BCUT2D eigenvalue weighted by Gasteiger charge is -2.12. The topological polar surface area (TPSA) is 63.2 Å². The summed E-state index contributed by atoms with van der Waals surface area (Å²) in [6, 6.07) is 11.6. The lowest BCUT2D eigenvalue weighted by atomic mass is 10.2. The second-order valence-corrected chi connectivity index (χ2v) is 5.84. The Labute approximate surface area is 155 Å². The highest BCUT2D eigenvalue weighted by atomic mass is 19.1. The number of benzene rings is 2. The number of amides is 1. The number of aryl methyl sites for hydroxylation is 1. The molecule has 1 amide bonds. The molecule has 0 radical (unpaired) electrons. The van der Waals surface area contributed by atoms with Crippen molar-refractivity contribution >= 4 is 23.1 Å². The molecule has 0 bridgehead atoms. The minimum atomic E-state index is -0.847. The number of rotatable bonds is 5. The predicted octanol–water partition coefficient (Wildman–Crippen LogP) is 4.67. The number of hydrogen-bond acceptors (Lipinski definition) is 4. The van der Waals surface area contributed by atoms with Crippen LogP contribution in [0.15, 0.2) is 54.7 Å². The molecule has 138 valence electrons. The number of aromatic nitrogens is 1. The van der Waals surface area contributed by atoms with Crippen LogP contribution in [0, 0.1) is 18.6 Å². The van der Waals surface area contributed by atoms with Crippen LogP contribution in [-0.4, -0.2) is 18.0 Å². The smallest absolute Gasteiger partial charge is 0.255 e. The molecule has 3 rings (SSSR count). The molecule has 0 aliphatic rings. The lowest BCUT2D eigenvalue weighted by molar-refractivity contribution is 0.102. The van der Waals surface area contributed by atoms with Crippen LogP contribution in [0.4, 0.5) is 26.0 Å². The Hall–Kier alpha value is -3.48. The van der Waals surface area contributed by atoms with Gasteiger partial charge >= 0.3 is 0 Å². The standard InChI is InChI=1S/C20H17F2N3O2/c1-12-3-6-18(27-2)17(9-12)24-19-10-13(7-8-23-19)20(26)25-16-5-4-14(21)11-15(16)22/h3-11H,1-2H3,(H,23,24)(H,25,26). The SMILES string of the molecule is COc1ccc(C)cc1Nc1cc(C(=O)Nc2ccc(F)cc2F)ccn1. The molecule has 0 unspecified atom stereocenters. The molecule has 0 aliphatic heterocycles. The fourth-order valence-corrected chi connectivity index (χ4v) is 2.48. The van der Waals surface area contributed by atoms with Crippen molar-refractivity contribution in [3.63, 3.8) is 0 Å². The summed E-state index contributed by atoms with van der Waals surface area (Å²) in [4.78, 5) is 16.6. The highest BCUT2D eigenvalue weighted by molar-refractivity contribution is 6.04. The maximum absolute atomic E-state index is 13.7. The second-order valence-electron chi connectivity index (χ2n) is 5.84. The predicted molar refractivity (Wildman–Crippen MR) is 99.6 cm³/mol. The quantitative estimate of drug-likeness (QED) is 0.686. The first kappa shape index (κ1) is 18.3. The zero-order valence-electron chi connectivity index (χ0n) is 14.7. The van der Waals surface area contributed by atoms with Crippen molar-refractivity contribution in [3.8, 4) is 5.75 Å². The normalized spacial score (nSPS) is 10.4. The first-order chi connectivity index (χ1) is 13.0. The summed E-state index contributed by atoms with van der Waals surface area (Å²) in [5, 5.41) is 5.52. The zero-order chi connectivity index (χ0) is 19.4. The average Bonchev–Trinajstić information content (AvgIpc) is 2.64. The van der Waals surface area contributed by atoms with Gasteiger partial charge in [0.15, 0.2) is 0 Å². The molecule has 0 atom stereocenters. The van der Waals surface area contributed by atoms with Crippen LogP contribution in [0.5, 0.6) is 5.75 Å². The van der Waals surface area contributed by atoms with Crippen LogP contribution in [0.3, 0.4) is 0 Å². The van der Waals surface area contributed by atoms with Crippen molar-refractivity contribution in [2.75, 3.05) is 17.7 Å². The Morgan fingerprint density at radius 1 is 1.04 bits per heavy atom. The van der Waals surface area contributed by atoms with Gasteiger partial charge in [-0.25, -0.2) is 13.8 Å². The van der Waals surface area contributed by atoms with Crippen LogP contribution in [0.1, 0.15) is 15.9 Å². The monoisotopic (exact) mass is 369 g/mol. The minimum Gasteiger partial charge on any atom is -0.495 e. The van der Waals surface area contributed by atoms with E-state index in [9.17, 15) is 13.6 Å². The van der Waals surface area contributed by atoms with Crippen molar-refractivity contribution in [2.24, 2.45) is 0 Å². The van der Waals surface area contributed by atoms with Gasteiger partial charge in [-0.1, -0.05) is 6.07 Å². The van der Waals surface area contributed by atoms with Crippen molar-refractivity contribution in [1.29, 1.82) is 0 Å². The fraction of sp³-hybridized carbons (Fsp3) is 0.100. The number of ether oxygens (including phenoxy) is 1. The Balaban J connectivity index is 1.81. The number of carbonyl (C=O) groups is 1. The highest BCUT2D eigenvalue weighted by Crippen LogP contribution is 2.28. The molecular weight excluding hydrogens is 352 g/mol. The lowest BCUT2D eigenvalue weighted by Crippen LogP contribution is -2.13. The van der Waals surface area contributed by atoms with Gasteiger partial charge in [-0.2, -0.15) is 0 Å². The molecule has 1 aromatic heterocycles. The van der Waals surface area contributed by atoms with E-state index in [1.165, 1.54) is 24.4 Å². The van der Waals surface area contributed by atoms with Crippen molar-refractivity contribution in [1.82, 2.24) is 4.98 Å². The van der Waals surface area contributed by atoms with Crippen LogP contribution >= 0.6 is 0 Å².